The van der Waals surface area contributed by atoms with Crippen LogP contribution >= 0.6 is 0 Å². The zero-order valence-electron chi connectivity index (χ0n) is 7.46. The van der Waals surface area contributed by atoms with E-state index in [9.17, 15) is 4.79 Å². The van der Waals surface area contributed by atoms with Gasteiger partial charge in [-0.1, -0.05) is 6.08 Å². The third-order valence-corrected chi connectivity index (χ3v) is 2.24. The number of hydrogen-bond donors (Lipinski definition) is 1. The molecule has 68 valence electrons. The summed E-state index contributed by atoms with van der Waals surface area (Å²) < 4.78 is 5.20. The van der Waals surface area contributed by atoms with Crippen molar-refractivity contribution < 1.29 is 4.74 Å². The molecule has 0 unspecified atom stereocenters. The highest BCUT2D eigenvalue weighted by Crippen LogP contribution is 2.06. The van der Waals surface area contributed by atoms with Gasteiger partial charge in [0.25, 0.3) is 0 Å². The van der Waals surface area contributed by atoms with Gasteiger partial charge in [-0.25, -0.2) is 0 Å². The van der Waals surface area contributed by atoms with Crippen molar-refractivity contribution >= 4 is 11.8 Å². The Hall–Kier alpha value is -1.51. The quantitative estimate of drug-likeness (QED) is 0.640. The van der Waals surface area contributed by atoms with E-state index in [-0.39, 0.29) is 5.43 Å². The molecule has 0 atom stereocenters. The molecule has 0 saturated heterocycles. The smallest absolute Gasteiger partial charge is 0.189 e. The van der Waals surface area contributed by atoms with Crippen LogP contribution in [-0.4, -0.2) is 12.1 Å². The molecule has 1 heterocycles. The van der Waals surface area contributed by atoms with Crippen LogP contribution in [0.3, 0.4) is 0 Å². The van der Waals surface area contributed by atoms with E-state index < -0.39 is 0 Å². The summed E-state index contributed by atoms with van der Waals surface area (Å²) in [6, 6.07) is 1.54. The molecule has 0 aromatic carbocycles. The summed E-state index contributed by atoms with van der Waals surface area (Å²) in [6.07, 6.45) is 5.35. The van der Waals surface area contributed by atoms with Crippen molar-refractivity contribution in [2.45, 2.75) is 12.8 Å². The average molecular weight is 177 g/mol. The average Bonchev–Trinajstić information content (AvgIpc) is 2.18. The Bertz CT molecular complexity index is 484. The molecular weight excluding hydrogens is 166 g/mol. The summed E-state index contributed by atoms with van der Waals surface area (Å²) in [7, 11) is 1.63. The fourth-order valence-corrected chi connectivity index (χ4v) is 1.60. The molecular formula is C10H11NO2. The van der Waals surface area contributed by atoms with Crippen LogP contribution in [0.2, 0.25) is 0 Å². The Morgan fingerprint density at radius 3 is 3.15 bits per heavy atom. The molecule has 1 aliphatic rings. The van der Waals surface area contributed by atoms with Crippen molar-refractivity contribution in [2.24, 2.45) is 0 Å². The van der Waals surface area contributed by atoms with Crippen LogP contribution < -0.4 is 16.0 Å². The number of aromatic amines is 1. The van der Waals surface area contributed by atoms with Gasteiger partial charge < -0.3 is 9.72 Å². The Kier molecular flexibility index (Phi) is 1.93. The third-order valence-electron chi connectivity index (χ3n) is 2.24. The Labute approximate surface area is 75.4 Å². The van der Waals surface area contributed by atoms with Crippen molar-refractivity contribution in [3.8, 4) is 0 Å². The van der Waals surface area contributed by atoms with Gasteiger partial charge in [0, 0.05) is 23.9 Å². The highest BCUT2D eigenvalue weighted by Gasteiger charge is 2.05. The Balaban J connectivity index is 2.92. The molecule has 1 aromatic rings. The fraction of sp³-hybridized carbons (Fsp3) is 0.300. The van der Waals surface area contributed by atoms with Crippen LogP contribution in [0.25, 0.3) is 11.8 Å². The van der Waals surface area contributed by atoms with Crippen LogP contribution in [0.5, 0.6) is 0 Å². The predicted octanol–water partition coefficient (Wildman–Crippen LogP) is -0.296. The minimum atomic E-state index is 0.0583. The minimum absolute atomic E-state index is 0.0583. The van der Waals surface area contributed by atoms with Crippen LogP contribution in [0.15, 0.2) is 17.1 Å². The van der Waals surface area contributed by atoms with E-state index >= 15 is 0 Å². The molecule has 1 aromatic heterocycles. The SMILES string of the molecule is COC1=c2[nH]ccc(=O)c2=CCC1. The first-order valence-electron chi connectivity index (χ1n) is 4.28. The first kappa shape index (κ1) is 8.10. The highest BCUT2D eigenvalue weighted by molar-refractivity contribution is 5.43. The Morgan fingerprint density at radius 2 is 2.38 bits per heavy atom. The van der Waals surface area contributed by atoms with Gasteiger partial charge in [0.2, 0.25) is 0 Å². The standard InChI is InChI=1S/C10H11NO2/c1-13-9-4-2-3-7-8(12)5-6-11-10(7)9/h3,5-6,11H,2,4H2,1H3. The van der Waals surface area contributed by atoms with E-state index in [1.165, 1.54) is 6.07 Å². The van der Waals surface area contributed by atoms with Gasteiger partial charge in [-0.15, -0.1) is 0 Å². The van der Waals surface area contributed by atoms with Crippen LogP contribution in [0.1, 0.15) is 12.8 Å². The van der Waals surface area contributed by atoms with Crippen molar-refractivity contribution in [2.75, 3.05) is 7.11 Å². The Morgan fingerprint density at radius 1 is 1.54 bits per heavy atom. The summed E-state index contributed by atoms with van der Waals surface area (Å²) >= 11 is 0. The van der Waals surface area contributed by atoms with Crippen LogP contribution in [0, 0.1) is 0 Å². The number of aromatic nitrogens is 1. The summed E-state index contributed by atoms with van der Waals surface area (Å²) in [5.74, 6) is 0.871. The second-order valence-corrected chi connectivity index (χ2v) is 3.00. The van der Waals surface area contributed by atoms with Crippen LogP contribution in [-0.2, 0) is 4.74 Å². The normalized spacial score (nSPS) is 14.7. The number of rotatable bonds is 1. The summed E-state index contributed by atoms with van der Waals surface area (Å²) in [5.41, 5.74) is 0.0583. The van der Waals surface area contributed by atoms with Crippen molar-refractivity contribution in [1.29, 1.82) is 0 Å². The van der Waals surface area contributed by atoms with Gasteiger partial charge in [0.05, 0.1) is 12.5 Å². The van der Waals surface area contributed by atoms with E-state index in [4.69, 9.17) is 4.74 Å². The lowest BCUT2D eigenvalue weighted by atomic mass is 10.1. The summed E-state index contributed by atoms with van der Waals surface area (Å²) in [5, 5.41) is 1.58. The molecule has 0 radical (unpaired) electrons. The van der Waals surface area contributed by atoms with E-state index in [2.05, 4.69) is 4.98 Å². The lowest BCUT2D eigenvalue weighted by Crippen LogP contribution is -2.43. The number of ether oxygens (including phenoxy) is 1. The molecule has 0 saturated carbocycles. The number of H-pyrrole nitrogens is 1. The zero-order chi connectivity index (χ0) is 9.26. The monoisotopic (exact) mass is 177 g/mol. The van der Waals surface area contributed by atoms with E-state index in [1.807, 2.05) is 6.08 Å². The van der Waals surface area contributed by atoms with Gasteiger partial charge >= 0.3 is 0 Å². The van der Waals surface area contributed by atoms with Gasteiger partial charge in [-0.3, -0.25) is 4.79 Å². The molecule has 3 heteroatoms. The third kappa shape index (κ3) is 1.26. The van der Waals surface area contributed by atoms with Crippen LogP contribution in [0.4, 0.5) is 0 Å². The number of methoxy groups -OCH3 is 1. The molecule has 3 nitrogen and oxygen atoms in total. The van der Waals surface area contributed by atoms with Crippen molar-refractivity contribution in [3.63, 3.8) is 0 Å². The maximum atomic E-state index is 11.4. The maximum Gasteiger partial charge on any atom is 0.189 e. The zero-order valence-corrected chi connectivity index (χ0v) is 7.46. The number of pyridine rings is 1. The van der Waals surface area contributed by atoms with Crippen molar-refractivity contribution in [3.05, 3.63) is 33.1 Å². The molecule has 1 aliphatic carbocycles. The second-order valence-electron chi connectivity index (χ2n) is 3.00. The molecule has 0 spiro atoms. The van der Waals surface area contributed by atoms with E-state index in [0.29, 0.717) is 0 Å². The molecule has 13 heavy (non-hydrogen) atoms. The number of hydrogen-bond acceptors (Lipinski definition) is 2. The summed E-state index contributed by atoms with van der Waals surface area (Å²) in [6.45, 7) is 0. The van der Waals surface area contributed by atoms with Crippen molar-refractivity contribution in [1.82, 2.24) is 4.98 Å². The molecule has 2 rings (SSSR count). The number of fused-ring (bicyclic) bond motifs is 1. The maximum absolute atomic E-state index is 11.4. The lowest BCUT2D eigenvalue weighted by molar-refractivity contribution is 0.346. The fourth-order valence-electron chi connectivity index (χ4n) is 1.60. The number of nitrogens with one attached hydrogen (secondary N) is 1. The second kappa shape index (κ2) is 3.09. The molecule has 0 bridgehead atoms. The first-order chi connectivity index (χ1) is 6.33. The lowest BCUT2D eigenvalue weighted by Gasteiger charge is -2.08. The molecule has 0 amide bonds. The highest BCUT2D eigenvalue weighted by atomic mass is 16.5. The largest absolute Gasteiger partial charge is 0.499 e. The molecule has 0 fully saturated rings. The minimum Gasteiger partial charge on any atom is -0.499 e. The van der Waals surface area contributed by atoms with Gasteiger partial charge in [-0.2, -0.15) is 0 Å². The van der Waals surface area contributed by atoms with Gasteiger partial charge in [-0.05, 0) is 6.42 Å². The van der Waals surface area contributed by atoms with Gasteiger partial charge in [0.15, 0.2) is 5.43 Å². The summed E-state index contributed by atoms with van der Waals surface area (Å²) in [4.78, 5) is 14.4. The predicted molar refractivity (Wildman–Crippen MR) is 50.4 cm³/mol. The van der Waals surface area contributed by atoms with E-state index in [0.717, 1.165) is 29.2 Å². The topological polar surface area (TPSA) is 42.1 Å². The molecule has 1 N–H and O–H groups in total. The van der Waals surface area contributed by atoms with E-state index in [1.54, 1.807) is 13.3 Å². The first-order valence-corrected chi connectivity index (χ1v) is 4.28. The van der Waals surface area contributed by atoms with Gasteiger partial charge in [0.1, 0.15) is 5.76 Å². The molecule has 0 aliphatic heterocycles.